The molecule has 0 aliphatic rings. The number of benzene rings is 1. The Morgan fingerprint density at radius 2 is 2.00 bits per heavy atom. The van der Waals surface area contributed by atoms with Gasteiger partial charge in [-0.3, -0.25) is 0 Å². The van der Waals surface area contributed by atoms with Gasteiger partial charge >= 0.3 is 0 Å². The van der Waals surface area contributed by atoms with Crippen LogP contribution in [0.1, 0.15) is 0 Å². The van der Waals surface area contributed by atoms with Crippen molar-refractivity contribution in [2.45, 2.75) is 0 Å². The second-order valence-electron chi connectivity index (χ2n) is 1.66. The van der Waals surface area contributed by atoms with E-state index in [-0.39, 0.29) is 0 Å². The molecule has 0 fully saturated rings. The molecule has 0 atom stereocenters. The first-order valence-electron chi connectivity index (χ1n) is 2.62. The number of hydrogen-bond donors (Lipinski definition) is 1. The monoisotopic (exact) mass is 140 g/mol. The fourth-order valence-electron chi connectivity index (χ4n) is 0.605. The van der Waals surface area contributed by atoms with Crippen LogP contribution in [0.4, 0.5) is 5.69 Å². The third-order valence-corrected chi connectivity index (χ3v) is 1.39. The molecule has 1 radical (unpaired) electrons. The molecule has 2 heteroatoms. The lowest BCUT2D eigenvalue weighted by Crippen LogP contribution is -1.83. The third-order valence-electron chi connectivity index (χ3n) is 1.06. The van der Waals surface area contributed by atoms with Crippen molar-refractivity contribution in [1.29, 1.82) is 0 Å². The van der Waals surface area contributed by atoms with Gasteiger partial charge in [0, 0.05) is 7.05 Å². The second kappa shape index (κ2) is 2.74. The molecule has 0 amide bonds. The van der Waals surface area contributed by atoms with E-state index in [1.54, 1.807) is 0 Å². The molecule has 0 aliphatic carbocycles. The number of para-hydroxylation sites is 1. The third kappa shape index (κ3) is 1.36. The lowest BCUT2D eigenvalue weighted by Gasteiger charge is -1.99. The molecular weight excluding hydrogens is 134 g/mol. The summed E-state index contributed by atoms with van der Waals surface area (Å²) >= 11 is 5.72. The second-order valence-corrected chi connectivity index (χ2v) is 2.06. The van der Waals surface area contributed by atoms with E-state index in [2.05, 4.69) is 12.4 Å². The highest BCUT2D eigenvalue weighted by atomic mass is 35.5. The molecule has 47 valence electrons. The number of hydrogen-bond acceptors (Lipinski definition) is 1. The van der Waals surface area contributed by atoms with Crippen LogP contribution >= 0.6 is 11.6 Å². The molecule has 1 aromatic carbocycles. The van der Waals surface area contributed by atoms with Crippen LogP contribution < -0.4 is 5.32 Å². The molecule has 0 saturated heterocycles. The molecule has 0 unspecified atom stereocenters. The highest BCUT2D eigenvalue weighted by molar-refractivity contribution is 6.33. The summed E-state index contributed by atoms with van der Waals surface area (Å²) in [4.78, 5) is 0. The Morgan fingerprint density at radius 1 is 1.33 bits per heavy atom. The van der Waals surface area contributed by atoms with Crippen LogP contribution in [0.3, 0.4) is 0 Å². The quantitative estimate of drug-likeness (QED) is 0.632. The van der Waals surface area contributed by atoms with Gasteiger partial charge in [-0.2, -0.15) is 0 Å². The van der Waals surface area contributed by atoms with E-state index in [1.165, 1.54) is 0 Å². The average Bonchev–Trinajstić information content (AvgIpc) is 1.89. The van der Waals surface area contributed by atoms with E-state index in [0.717, 1.165) is 5.69 Å². The van der Waals surface area contributed by atoms with Gasteiger partial charge in [0.2, 0.25) is 0 Å². The Labute approximate surface area is 59.6 Å². The molecule has 0 bridgehead atoms. The Kier molecular flexibility index (Phi) is 1.96. The zero-order valence-corrected chi connectivity index (χ0v) is 5.65. The lowest BCUT2D eigenvalue weighted by atomic mass is 10.3. The molecule has 0 spiro atoms. The van der Waals surface area contributed by atoms with Gasteiger partial charge in [0.25, 0.3) is 0 Å². The highest BCUT2D eigenvalue weighted by Crippen LogP contribution is 2.19. The number of halogens is 1. The van der Waals surface area contributed by atoms with Crippen LogP contribution in [0.2, 0.25) is 5.02 Å². The molecule has 0 aromatic heterocycles. The standard InChI is InChI=1S/C7H7ClN/c1-9-7-5-3-2-4-6(7)8/h2-5,9H,1H2. The first kappa shape index (κ1) is 6.43. The van der Waals surface area contributed by atoms with E-state index in [4.69, 9.17) is 11.6 Å². The van der Waals surface area contributed by atoms with E-state index in [1.807, 2.05) is 24.3 Å². The van der Waals surface area contributed by atoms with Crippen molar-refractivity contribution in [3.63, 3.8) is 0 Å². The van der Waals surface area contributed by atoms with E-state index in [9.17, 15) is 0 Å². The zero-order valence-electron chi connectivity index (χ0n) is 4.89. The van der Waals surface area contributed by atoms with Crippen LogP contribution in [0.5, 0.6) is 0 Å². The summed E-state index contributed by atoms with van der Waals surface area (Å²) in [6.45, 7) is 0. The average molecular weight is 141 g/mol. The zero-order chi connectivity index (χ0) is 6.69. The van der Waals surface area contributed by atoms with Crippen molar-refractivity contribution in [2.24, 2.45) is 0 Å². The normalized spacial score (nSPS) is 9.11. The van der Waals surface area contributed by atoms with Crippen molar-refractivity contribution >= 4 is 17.3 Å². The molecule has 0 heterocycles. The fraction of sp³-hybridized carbons (Fsp3) is 0. The summed E-state index contributed by atoms with van der Waals surface area (Å²) in [5.41, 5.74) is 0.860. The maximum Gasteiger partial charge on any atom is 0.0637 e. The summed E-state index contributed by atoms with van der Waals surface area (Å²) in [7, 11) is 3.48. The molecule has 0 saturated carbocycles. The SMILES string of the molecule is [CH2]Nc1ccccc1Cl. The Bertz CT molecular complexity index is 198. The van der Waals surface area contributed by atoms with Crippen molar-refractivity contribution in [3.05, 3.63) is 36.3 Å². The van der Waals surface area contributed by atoms with Gasteiger partial charge in [-0.25, -0.2) is 0 Å². The maximum atomic E-state index is 5.72. The molecule has 1 nitrogen and oxygen atoms in total. The Hall–Kier alpha value is -0.690. The maximum absolute atomic E-state index is 5.72. The van der Waals surface area contributed by atoms with Gasteiger partial charge < -0.3 is 5.32 Å². The largest absolute Gasteiger partial charge is 0.382 e. The first-order valence-corrected chi connectivity index (χ1v) is 3.00. The summed E-state index contributed by atoms with van der Waals surface area (Å²) in [6.07, 6.45) is 0. The van der Waals surface area contributed by atoms with Crippen LogP contribution in [-0.2, 0) is 0 Å². The van der Waals surface area contributed by atoms with Crippen molar-refractivity contribution in [3.8, 4) is 0 Å². The summed E-state index contributed by atoms with van der Waals surface area (Å²) in [5.74, 6) is 0. The lowest BCUT2D eigenvalue weighted by molar-refractivity contribution is 1.59. The highest BCUT2D eigenvalue weighted by Gasteiger charge is 1.91. The summed E-state index contributed by atoms with van der Waals surface area (Å²) in [5, 5.41) is 3.41. The Morgan fingerprint density at radius 3 is 2.44 bits per heavy atom. The van der Waals surface area contributed by atoms with E-state index >= 15 is 0 Å². The molecule has 0 aliphatic heterocycles. The van der Waals surface area contributed by atoms with Crippen LogP contribution in [0, 0.1) is 7.05 Å². The van der Waals surface area contributed by atoms with Crippen LogP contribution in [0.15, 0.2) is 24.3 Å². The smallest absolute Gasteiger partial charge is 0.0637 e. The van der Waals surface area contributed by atoms with Gasteiger partial charge in [-0.1, -0.05) is 23.7 Å². The molecule has 9 heavy (non-hydrogen) atoms. The topological polar surface area (TPSA) is 12.0 Å². The number of rotatable bonds is 1. The fourth-order valence-corrected chi connectivity index (χ4v) is 0.807. The number of nitrogens with one attached hydrogen (secondary N) is 1. The van der Waals surface area contributed by atoms with E-state index in [0.29, 0.717) is 5.02 Å². The predicted molar refractivity (Wildman–Crippen MR) is 40.4 cm³/mol. The minimum absolute atomic E-state index is 0.701. The summed E-state index contributed by atoms with van der Waals surface area (Å²) in [6, 6.07) is 7.47. The molecule has 1 rings (SSSR count). The summed E-state index contributed by atoms with van der Waals surface area (Å²) < 4.78 is 0. The van der Waals surface area contributed by atoms with Crippen LogP contribution in [-0.4, -0.2) is 0 Å². The van der Waals surface area contributed by atoms with Gasteiger partial charge in [0.15, 0.2) is 0 Å². The van der Waals surface area contributed by atoms with Crippen molar-refractivity contribution < 1.29 is 0 Å². The predicted octanol–water partition coefficient (Wildman–Crippen LogP) is 2.54. The van der Waals surface area contributed by atoms with Gasteiger partial charge in [0.05, 0.1) is 10.7 Å². The van der Waals surface area contributed by atoms with Gasteiger partial charge in [-0.05, 0) is 12.1 Å². The van der Waals surface area contributed by atoms with E-state index < -0.39 is 0 Å². The minimum Gasteiger partial charge on any atom is -0.382 e. The Balaban J connectivity index is 3.01. The first-order chi connectivity index (χ1) is 4.34. The minimum atomic E-state index is 0.701. The van der Waals surface area contributed by atoms with Crippen molar-refractivity contribution in [1.82, 2.24) is 0 Å². The molecule has 1 N–H and O–H groups in total. The van der Waals surface area contributed by atoms with Crippen LogP contribution in [0.25, 0.3) is 0 Å². The van der Waals surface area contributed by atoms with Gasteiger partial charge in [0.1, 0.15) is 0 Å². The molecular formula is C7H7ClN. The van der Waals surface area contributed by atoms with Crippen molar-refractivity contribution in [2.75, 3.05) is 5.32 Å². The molecule has 1 aromatic rings. The van der Waals surface area contributed by atoms with Gasteiger partial charge in [-0.15, -0.1) is 0 Å². The number of anilines is 1.